The van der Waals surface area contributed by atoms with Gasteiger partial charge in [0.05, 0.1) is 4.55 Å². The minimum atomic E-state index is 1.15. The molecular weight excluding hydrogens is 225 g/mol. The Morgan fingerprint density at radius 3 is 2.44 bits per heavy atom. The Morgan fingerprint density at radius 1 is 1.33 bits per heavy atom. The fraction of sp³-hybridized carbons (Fsp3) is 1.00. The van der Waals surface area contributed by atoms with E-state index in [0.717, 1.165) is 4.55 Å². The van der Waals surface area contributed by atoms with Gasteiger partial charge in [-0.2, -0.15) is 0 Å². The average Bonchev–Trinajstić information content (AvgIpc) is 1.89. The highest BCUT2D eigenvalue weighted by Gasteiger charge is 1.91. The third-order valence-electron chi connectivity index (χ3n) is 1.35. The van der Waals surface area contributed by atoms with Crippen molar-refractivity contribution >= 4 is 22.6 Å². The number of nitrogens with zero attached hydrogens (tertiary/aromatic N) is 1. The standard InChI is InChI=1S/C7H16IN/c1-3-4-5-6-9(2)7-8/h3-7H2,1-2H3. The quantitative estimate of drug-likeness (QED) is 0.309. The first kappa shape index (κ1) is 9.69. The summed E-state index contributed by atoms with van der Waals surface area (Å²) in [5.74, 6) is 0. The molecule has 56 valence electrons. The van der Waals surface area contributed by atoms with E-state index >= 15 is 0 Å². The van der Waals surface area contributed by atoms with Crippen molar-refractivity contribution in [3.63, 3.8) is 0 Å². The van der Waals surface area contributed by atoms with Crippen LogP contribution in [0.3, 0.4) is 0 Å². The molecule has 0 unspecified atom stereocenters. The molecule has 0 atom stereocenters. The smallest absolute Gasteiger partial charge is 0.0502 e. The summed E-state index contributed by atoms with van der Waals surface area (Å²) in [6.07, 6.45) is 4.06. The van der Waals surface area contributed by atoms with Crippen molar-refractivity contribution in [1.29, 1.82) is 0 Å². The van der Waals surface area contributed by atoms with Gasteiger partial charge in [0.25, 0.3) is 0 Å². The lowest BCUT2D eigenvalue weighted by Gasteiger charge is -2.11. The zero-order valence-electron chi connectivity index (χ0n) is 6.36. The molecule has 0 bridgehead atoms. The second-order valence-corrected chi connectivity index (χ2v) is 3.09. The molecule has 0 aliphatic heterocycles. The molecule has 0 amide bonds. The van der Waals surface area contributed by atoms with E-state index < -0.39 is 0 Å². The van der Waals surface area contributed by atoms with Gasteiger partial charge in [0.1, 0.15) is 0 Å². The molecule has 0 aliphatic carbocycles. The maximum absolute atomic E-state index is 2.39. The molecule has 0 aliphatic rings. The summed E-state index contributed by atoms with van der Waals surface area (Å²) in [6, 6.07) is 0. The number of unbranched alkanes of at least 4 members (excludes halogenated alkanes) is 2. The van der Waals surface area contributed by atoms with Crippen molar-refractivity contribution in [3.05, 3.63) is 0 Å². The average molecular weight is 241 g/mol. The van der Waals surface area contributed by atoms with Crippen LogP contribution in [0, 0.1) is 0 Å². The molecule has 0 heterocycles. The monoisotopic (exact) mass is 241 g/mol. The molecule has 9 heavy (non-hydrogen) atoms. The zero-order valence-corrected chi connectivity index (χ0v) is 8.52. The predicted octanol–water partition coefficient (Wildman–Crippen LogP) is 2.50. The maximum atomic E-state index is 2.39. The normalized spacial score (nSPS) is 10.7. The van der Waals surface area contributed by atoms with E-state index in [9.17, 15) is 0 Å². The Labute approximate surface area is 72.0 Å². The minimum absolute atomic E-state index is 1.15. The van der Waals surface area contributed by atoms with E-state index in [2.05, 4.69) is 41.5 Å². The van der Waals surface area contributed by atoms with Crippen LogP contribution in [0.1, 0.15) is 26.2 Å². The molecule has 1 nitrogen and oxygen atoms in total. The van der Waals surface area contributed by atoms with Gasteiger partial charge < -0.3 is 0 Å². The molecule has 0 rings (SSSR count). The topological polar surface area (TPSA) is 3.24 Å². The van der Waals surface area contributed by atoms with Crippen LogP contribution in [0.4, 0.5) is 0 Å². The lowest BCUT2D eigenvalue weighted by atomic mass is 10.2. The highest BCUT2D eigenvalue weighted by Crippen LogP contribution is 1.97. The summed E-state index contributed by atoms with van der Waals surface area (Å²) in [7, 11) is 2.17. The van der Waals surface area contributed by atoms with Gasteiger partial charge in [-0.25, -0.2) is 0 Å². The van der Waals surface area contributed by atoms with Crippen LogP contribution in [0.25, 0.3) is 0 Å². The maximum Gasteiger partial charge on any atom is 0.0502 e. The summed E-state index contributed by atoms with van der Waals surface area (Å²) in [6.45, 7) is 3.50. The summed E-state index contributed by atoms with van der Waals surface area (Å²) in [5, 5.41) is 0. The van der Waals surface area contributed by atoms with E-state index in [4.69, 9.17) is 0 Å². The highest BCUT2D eigenvalue weighted by atomic mass is 127. The Morgan fingerprint density at radius 2 is 2.00 bits per heavy atom. The fourth-order valence-electron chi connectivity index (χ4n) is 0.691. The molecule has 0 fully saturated rings. The Kier molecular flexibility index (Phi) is 7.33. The van der Waals surface area contributed by atoms with Crippen LogP contribution < -0.4 is 0 Å². The summed E-state index contributed by atoms with van der Waals surface area (Å²) in [4.78, 5) is 2.34. The van der Waals surface area contributed by atoms with Gasteiger partial charge in [-0.3, -0.25) is 4.90 Å². The van der Waals surface area contributed by atoms with Crippen LogP contribution >= 0.6 is 22.6 Å². The SMILES string of the molecule is CCCCCN(C)CI. The summed E-state index contributed by atoms with van der Waals surface area (Å²) in [5.41, 5.74) is 0. The van der Waals surface area contributed by atoms with Gasteiger partial charge in [-0.15, -0.1) is 0 Å². The van der Waals surface area contributed by atoms with Crippen molar-refractivity contribution < 1.29 is 0 Å². The lowest BCUT2D eigenvalue weighted by molar-refractivity contribution is 0.386. The Bertz CT molecular complexity index is 56.9. The van der Waals surface area contributed by atoms with Gasteiger partial charge in [0.2, 0.25) is 0 Å². The number of hydrogen-bond donors (Lipinski definition) is 0. The summed E-state index contributed by atoms with van der Waals surface area (Å²) < 4.78 is 1.15. The van der Waals surface area contributed by atoms with Crippen molar-refractivity contribution in [1.82, 2.24) is 4.90 Å². The van der Waals surface area contributed by atoms with Crippen molar-refractivity contribution in [2.24, 2.45) is 0 Å². The largest absolute Gasteiger partial charge is 0.297 e. The molecule has 0 saturated carbocycles. The van der Waals surface area contributed by atoms with Crippen molar-refractivity contribution in [2.75, 3.05) is 18.1 Å². The van der Waals surface area contributed by atoms with Gasteiger partial charge >= 0.3 is 0 Å². The Balaban J connectivity index is 2.88. The molecule has 0 radical (unpaired) electrons. The van der Waals surface area contributed by atoms with Crippen LogP contribution in [0.2, 0.25) is 0 Å². The van der Waals surface area contributed by atoms with Crippen molar-refractivity contribution in [3.8, 4) is 0 Å². The second-order valence-electron chi connectivity index (χ2n) is 2.41. The molecule has 0 aromatic carbocycles. The molecule has 0 aromatic rings. The van der Waals surface area contributed by atoms with Crippen LogP contribution in [0.15, 0.2) is 0 Å². The predicted molar refractivity (Wildman–Crippen MR) is 51.0 cm³/mol. The molecule has 0 aromatic heterocycles. The zero-order chi connectivity index (χ0) is 7.11. The third-order valence-corrected chi connectivity index (χ3v) is 2.51. The van der Waals surface area contributed by atoms with Gasteiger partial charge in [0.15, 0.2) is 0 Å². The number of hydrogen-bond acceptors (Lipinski definition) is 1. The van der Waals surface area contributed by atoms with E-state index in [0.29, 0.717) is 0 Å². The van der Waals surface area contributed by atoms with Crippen LogP contribution in [-0.2, 0) is 0 Å². The third kappa shape index (κ3) is 6.58. The van der Waals surface area contributed by atoms with Gasteiger partial charge in [-0.05, 0) is 20.0 Å². The Hall–Kier alpha value is 0.690. The number of rotatable bonds is 5. The lowest BCUT2D eigenvalue weighted by Crippen LogP contribution is -2.16. The molecule has 0 spiro atoms. The number of alkyl halides is 1. The fourth-order valence-corrected chi connectivity index (χ4v) is 1.03. The van der Waals surface area contributed by atoms with E-state index in [1.807, 2.05) is 0 Å². The first-order valence-corrected chi connectivity index (χ1v) is 5.08. The minimum Gasteiger partial charge on any atom is -0.297 e. The van der Waals surface area contributed by atoms with Crippen LogP contribution in [0.5, 0.6) is 0 Å². The van der Waals surface area contributed by atoms with Crippen molar-refractivity contribution in [2.45, 2.75) is 26.2 Å². The van der Waals surface area contributed by atoms with Gasteiger partial charge in [0, 0.05) is 0 Å². The molecule has 0 N–H and O–H groups in total. The van der Waals surface area contributed by atoms with Gasteiger partial charge in [-0.1, -0.05) is 42.4 Å². The molecule has 0 saturated heterocycles. The van der Waals surface area contributed by atoms with E-state index in [-0.39, 0.29) is 0 Å². The first-order chi connectivity index (χ1) is 4.31. The highest BCUT2D eigenvalue weighted by molar-refractivity contribution is 14.1. The molecular formula is C7H16IN. The summed E-state index contributed by atoms with van der Waals surface area (Å²) >= 11 is 2.39. The number of halogens is 1. The molecule has 2 heteroatoms. The van der Waals surface area contributed by atoms with E-state index in [1.165, 1.54) is 25.8 Å². The van der Waals surface area contributed by atoms with Crippen LogP contribution in [-0.4, -0.2) is 23.0 Å². The first-order valence-electron chi connectivity index (χ1n) is 3.55. The van der Waals surface area contributed by atoms with E-state index in [1.54, 1.807) is 0 Å². The second kappa shape index (κ2) is 6.81.